The largest absolute Gasteiger partial charge is 0.491 e. The first-order chi connectivity index (χ1) is 17.1. The standard InChI is InChI=1S/C27H37N5O4/c1-15-24(23-16(2)32-36-17(23)3)30-26(31-25(15)29-20-11-19(12-20)27(4,5)34)18-8-7-9-22(10-18)35-14-21(33)13-28-6/h7-10,19-21,28,33-34H,11-14H2,1-6H3,(H,29,30,31)/t19-,20-,21?. The molecule has 0 bridgehead atoms. The van der Waals surface area contributed by atoms with E-state index in [1.165, 1.54) is 0 Å². The molecule has 2 aromatic heterocycles. The Morgan fingerprint density at radius 1 is 1.19 bits per heavy atom. The number of aromatic nitrogens is 3. The lowest BCUT2D eigenvalue weighted by Crippen LogP contribution is -2.46. The molecule has 9 heteroatoms. The molecular weight excluding hydrogens is 458 g/mol. The highest BCUT2D eigenvalue weighted by molar-refractivity contribution is 5.74. The molecule has 9 nitrogen and oxygen atoms in total. The smallest absolute Gasteiger partial charge is 0.162 e. The fourth-order valence-corrected chi connectivity index (χ4v) is 4.57. The van der Waals surface area contributed by atoms with Gasteiger partial charge in [-0.15, -0.1) is 0 Å². The van der Waals surface area contributed by atoms with Crippen LogP contribution in [-0.2, 0) is 0 Å². The van der Waals surface area contributed by atoms with Crippen molar-refractivity contribution >= 4 is 5.82 Å². The zero-order chi connectivity index (χ0) is 26.0. The molecule has 36 heavy (non-hydrogen) atoms. The summed E-state index contributed by atoms with van der Waals surface area (Å²) in [4.78, 5) is 9.83. The summed E-state index contributed by atoms with van der Waals surface area (Å²) in [7, 11) is 1.79. The summed E-state index contributed by atoms with van der Waals surface area (Å²) >= 11 is 0. The lowest BCUT2D eigenvalue weighted by atomic mass is 9.71. The first kappa shape index (κ1) is 26.1. The van der Waals surface area contributed by atoms with Crippen molar-refractivity contribution in [1.29, 1.82) is 0 Å². The molecule has 1 saturated carbocycles. The van der Waals surface area contributed by atoms with Crippen LogP contribution in [0.1, 0.15) is 43.7 Å². The first-order valence-electron chi connectivity index (χ1n) is 12.4. The number of nitrogens with one attached hydrogen (secondary N) is 2. The minimum atomic E-state index is -0.687. The number of hydrogen-bond donors (Lipinski definition) is 4. The molecule has 0 radical (unpaired) electrons. The molecule has 0 saturated heterocycles. The molecule has 0 aliphatic heterocycles. The molecule has 1 unspecified atom stereocenters. The van der Waals surface area contributed by atoms with Crippen LogP contribution in [-0.4, -0.2) is 63.3 Å². The molecule has 1 aliphatic rings. The molecule has 4 N–H and O–H groups in total. The molecule has 4 rings (SSSR count). The van der Waals surface area contributed by atoms with E-state index in [-0.39, 0.29) is 18.6 Å². The number of hydrogen-bond acceptors (Lipinski definition) is 9. The minimum Gasteiger partial charge on any atom is -0.491 e. The third-order valence-electron chi connectivity index (χ3n) is 6.87. The van der Waals surface area contributed by atoms with Gasteiger partial charge in [0.25, 0.3) is 0 Å². The fourth-order valence-electron chi connectivity index (χ4n) is 4.57. The van der Waals surface area contributed by atoms with Gasteiger partial charge in [0.05, 0.1) is 22.6 Å². The molecule has 1 atom stereocenters. The summed E-state index contributed by atoms with van der Waals surface area (Å²) in [6.45, 7) is 10.2. The normalized spacial score (nSPS) is 18.6. The lowest BCUT2D eigenvalue weighted by molar-refractivity contribution is -0.0230. The van der Waals surface area contributed by atoms with Crippen LogP contribution < -0.4 is 15.4 Å². The minimum absolute atomic E-state index is 0.181. The highest BCUT2D eigenvalue weighted by Crippen LogP contribution is 2.39. The Hall–Kier alpha value is -3.01. The predicted octanol–water partition coefficient (Wildman–Crippen LogP) is 3.64. The topological polar surface area (TPSA) is 126 Å². The Bertz CT molecular complexity index is 1180. The van der Waals surface area contributed by atoms with E-state index in [2.05, 4.69) is 15.8 Å². The Kier molecular flexibility index (Phi) is 7.63. The van der Waals surface area contributed by atoms with Crippen LogP contribution >= 0.6 is 0 Å². The van der Waals surface area contributed by atoms with Crippen LogP contribution in [0.3, 0.4) is 0 Å². The van der Waals surface area contributed by atoms with E-state index in [0.717, 1.165) is 46.7 Å². The highest BCUT2D eigenvalue weighted by atomic mass is 16.5. The second-order valence-electron chi connectivity index (χ2n) is 10.3. The molecule has 1 aromatic carbocycles. The van der Waals surface area contributed by atoms with Gasteiger partial charge in [0.2, 0.25) is 0 Å². The number of ether oxygens (including phenoxy) is 1. The lowest BCUT2D eigenvalue weighted by Gasteiger charge is -2.43. The van der Waals surface area contributed by atoms with Crippen LogP contribution in [0.2, 0.25) is 0 Å². The second-order valence-corrected chi connectivity index (χ2v) is 10.3. The second kappa shape index (κ2) is 10.5. The summed E-state index contributed by atoms with van der Waals surface area (Å²) in [5.74, 6) is 2.90. The summed E-state index contributed by atoms with van der Waals surface area (Å²) in [6, 6.07) is 7.79. The van der Waals surface area contributed by atoms with E-state index in [1.54, 1.807) is 7.05 Å². The zero-order valence-electron chi connectivity index (χ0n) is 21.9. The van der Waals surface area contributed by atoms with E-state index in [9.17, 15) is 10.2 Å². The van der Waals surface area contributed by atoms with E-state index in [4.69, 9.17) is 19.2 Å². The Morgan fingerprint density at radius 2 is 1.94 bits per heavy atom. The van der Waals surface area contributed by atoms with Gasteiger partial charge in [-0.3, -0.25) is 0 Å². The van der Waals surface area contributed by atoms with Gasteiger partial charge in [0, 0.05) is 23.7 Å². The van der Waals surface area contributed by atoms with Gasteiger partial charge in [-0.2, -0.15) is 0 Å². The average molecular weight is 496 g/mol. The highest BCUT2D eigenvalue weighted by Gasteiger charge is 2.39. The van der Waals surface area contributed by atoms with Gasteiger partial charge >= 0.3 is 0 Å². The number of anilines is 1. The zero-order valence-corrected chi connectivity index (χ0v) is 21.9. The van der Waals surface area contributed by atoms with Crippen molar-refractivity contribution in [1.82, 2.24) is 20.4 Å². The molecule has 1 fully saturated rings. The van der Waals surface area contributed by atoms with Crippen molar-refractivity contribution in [3.05, 3.63) is 41.3 Å². The van der Waals surface area contributed by atoms with Crippen molar-refractivity contribution in [2.24, 2.45) is 5.92 Å². The van der Waals surface area contributed by atoms with E-state index in [0.29, 0.717) is 23.9 Å². The van der Waals surface area contributed by atoms with Crippen molar-refractivity contribution in [3.8, 4) is 28.4 Å². The van der Waals surface area contributed by atoms with E-state index in [1.807, 2.05) is 58.9 Å². The van der Waals surface area contributed by atoms with Crippen molar-refractivity contribution < 1.29 is 19.5 Å². The van der Waals surface area contributed by atoms with Gasteiger partial charge in [-0.1, -0.05) is 17.3 Å². The number of likely N-dealkylation sites (N-methyl/N-ethyl adjacent to an activating group) is 1. The molecule has 0 spiro atoms. The Morgan fingerprint density at radius 3 is 2.58 bits per heavy atom. The van der Waals surface area contributed by atoms with Crippen molar-refractivity contribution in [3.63, 3.8) is 0 Å². The van der Waals surface area contributed by atoms with E-state index >= 15 is 0 Å². The number of rotatable bonds is 10. The maximum atomic E-state index is 10.3. The van der Waals surface area contributed by atoms with Gasteiger partial charge in [0.1, 0.15) is 30.0 Å². The monoisotopic (exact) mass is 495 g/mol. The summed E-state index contributed by atoms with van der Waals surface area (Å²) < 4.78 is 11.2. The van der Waals surface area contributed by atoms with Crippen LogP contribution in [0.5, 0.6) is 5.75 Å². The Labute approximate surface area is 212 Å². The average Bonchev–Trinajstić information content (AvgIpc) is 3.13. The molecule has 2 heterocycles. The summed E-state index contributed by atoms with van der Waals surface area (Å²) in [6.07, 6.45) is 1.15. The molecule has 1 aliphatic carbocycles. The maximum Gasteiger partial charge on any atom is 0.162 e. The number of nitrogens with zero attached hydrogens (tertiary/aromatic N) is 3. The molecule has 194 valence electrons. The van der Waals surface area contributed by atoms with Crippen LogP contribution in [0.25, 0.3) is 22.6 Å². The first-order valence-corrected chi connectivity index (χ1v) is 12.4. The SMILES string of the molecule is CNCC(O)COc1cccc(-c2nc(N[C@H]3C[C@H](C(C)(C)O)C3)c(C)c(-c3c(C)noc3C)n2)c1. The van der Waals surface area contributed by atoms with Gasteiger partial charge in [-0.05, 0) is 72.6 Å². The number of aryl methyl sites for hydroxylation is 2. The quantitative estimate of drug-likeness (QED) is 0.333. The van der Waals surface area contributed by atoms with Crippen molar-refractivity contribution in [2.75, 3.05) is 25.5 Å². The van der Waals surface area contributed by atoms with Gasteiger partial charge in [-0.25, -0.2) is 9.97 Å². The van der Waals surface area contributed by atoms with Gasteiger partial charge in [0.15, 0.2) is 5.82 Å². The number of aliphatic hydroxyl groups is 2. The van der Waals surface area contributed by atoms with Gasteiger partial charge < -0.3 is 30.1 Å². The van der Waals surface area contributed by atoms with E-state index < -0.39 is 11.7 Å². The van der Waals surface area contributed by atoms with Crippen molar-refractivity contribution in [2.45, 2.75) is 65.2 Å². The molecule has 3 aromatic rings. The predicted molar refractivity (Wildman–Crippen MR) is 139 cm³/mol. The van der Waals surface area contributed by atoms with Crippen LogP contribution in [0.15, 0.2) is 28.8 Å². The number of benzene rings is 1. The maximum absolute atomic E-state index is 10.3. The van der Waals surface area contributed by atoms with Crippen LogP contribution in [0, 0.1) is 26.7 Å². The Balaban J connectivity index is 1.67. The third kappa shape index (κ3) is 5.69. The fraction of sp³-hybridized carbons (Fsp3) is 0.519. The molecule has 0 amide bonds. The summed E-state index contributed by atoms with van der Waals surface area (Å²) in [5.41, 5.74) is 3.44. The third-order valence-corrected chi connectivity index (χ3v) is 6.87. The van der Waals surface area contributed by atoms with Crippen LogP contribution in [0.4, 0.5) is 5.82 Å². The molecular formula is C27H37N5O4. The number of aliphatic hydroxyl groups excluding tert-OH is 1. The summed E-state index contributed by atoms with van der Waals surface area (Å²) in [5, 5.41) is 31.0.